The fraction of sp³-hybridized carbons (Fsp3) is 0.133. The molecule has 0 radical (unpaired) electrons. The van der Waals surface area contributed by atoms with Crippen molar-refractivity contribution < 1.29 is 19.0 Å². The van der Waals surface area contributed by atoms with E-state index in [1.807, 2.05) is 0 Å². The molecule has 0 fully saturated rings. The molecule has 0 aliphatic heterocycles. The van der Waals surface area contributed by atoms with Crippen molar-refractivity contribution in [1.29, 1.82) is 0 Å². The van der Waals surface area contributed by atoms with Gasteiger partial charge in [0.25, 0.3) is 0 Å². The van der Waals surface area contributed by atoms with Crippen LogP contribution in [0.2, 0.25) is 0 Å². The molecule has 2 aromatic carbocycles. The van der Waals surface area contributed by atoms with Crippen molar-refractivity contribution in [2.75, 3.05) is 14.2 Å². The Morgan fingerprint density at radius 1 is 0.842 bits per heavy atom. The highest BCUT2D eigenvalue weighted by Crippen LogP contribution is 2.29. The summed E-state index contributed by atoms with van der Waals surface area (Å²) >= 11 is 0. The van der Waals surface area contributed by atoms with E-state index in [0.29, 0.717) is 22.8 Å². The summed E-state index contributed by atoms with van der Waals surface area (Å²) in [5, 5.41) is 0. The Balaban J connectivity index is 2.27. The highest BCUT2D eigenvalue weighted by atomic mass is 16.5. The summed E-state index contributed by atoms with van der Waals surface area (Å²) < 4.78 is 15.9. The number of carbonyl (C=O) groups is 1. The number of carbonyl (C=O) groups excluding carboxylic acids is 1. The van der Waals surface area contributed by atoms with Gasteiger partial charge in [0.05, 0.1) is 19.8 Å². The van der Waals surface area contributed by atoms with E-state index in [1.54, 1.807) is 56.7 Å². The molecule has 4 nitrogen and oxygen atoms in total. The molecule has 0 bridgehead atoms. The molecule has 0 heterocycles. The molecule has 0 aliphatic carbocycles. The summed E-state index contributed by atoms with van der Waals surface area (Å²) in [5.74, 6) is 2.46. The molecule has 0 spiro atoms. The molecule has 0 aromatic heterocycles. The quantitative estimate of drug-likeness (QED) is 0.772. The number of rotatable bonds is 5. The van der Waals surface area contributed by atoms with Gasteiger partial charge in [-0.2, -0.15) is 0 Å². The van der Waals surface area contributed by atoms with E-state index in [1.165, 1.54) is 0 Å². The van der Waals surface area contributed by atoms with Crippen molar-refractivity contribution >= 4 is 6.29 Å². The fourth-order valence-electron chi connectivity index (χ4n) is 1.60. The average molecular weight is 258 g/mol. The number of aldehydes is 1. The Morgan fingerprint density at radius 2 is 1.42 bits per heavy atom. The van der Waals surface area contributed by atoms with Crippen molar-refractivity contribution in [3.63, 3.8) is 0 Å². The highest BCUT2D eigenvalue weighted by molar-refractivity contribution is 5.80. The van der Waals surface area contributed by atoms with Crippen LogP contribution in [0, 0.1) is 0 Å². The van der Waals surface area contributed by atoms with E-state index in [9.17, 15) is 4.79 Å². The van der Waals surface area contributed by atoms with Crippen LogP contribution >= 0.6 is 0 Å². The van der Waals surface area contributed by atoms with Gasteiger partial charge in [-0.15, -0.1) is 0 Å². The van der Waals surface area contributed by atoms with E-state index in [2.05, 4.69) is 0 Å². The zero-order chi connectivity index (χ0) is 13.7. The summed E-state index contributed by atoms with van der Waals surface area (Å²) in [5.41, 5.74) is 0.469. The molecule has 0 saturated carbocycles. The minimum atomic E-state index is 0.458. The van der Waals surface area contributed by atoms with Crippen LogP contribution in [0.1, 0.15) is 10.4 Å². The third-order valence-electron chi connectivity index (χ3n) is 2.63. The SMILES string of the molecule is COc1ccc(Oc2cc(OC)ccc2C=O)cc1. The molecule has 98 valence electrons. The van der Waals surface area contributed by atoms with E-state index in [-0.39, 0.29) is 0 Å². The molecular formula is C15H14O4. The van der Waals surface area contributed by atoms with Crippen molar-refractivity contribution in [3.8, 4) is 23.0 Å². The molecular weight excluding hydrogens is 244 g/mol. The molecule has 0 atom stereocenters. The van der Waals surface area contributed by atoms with Crippen LogP contribution in [0.15, 0.2) is 42.5 Å². The third kappa shape index (κ3) is 3.04. The zero-order valence-corrected chi connectivity index (χ0v) is 10.8. The first-order valence-electron chi connectivity index (χ1n) is 5.72. The summed E-state index contributed by atoms with van der Waals surface area (Å²) in [6.45, 7) is 0. The van der Waals surface area contributed by atoms with Crippen LogP contribution in [0.5, 0.6) is 23.0 Å². The van der Waals surface area contributed by atoms with Gasteiger partial charge < -0.3 is 14.2 Å². The Morgan fingerprint density at radius 3 is 2.00 bits per heavy atom. The molecule has 0 amide bonds. The second-order valence-electron chi connectivity index (χ2n) is 3.80. The first kappa shape index (κ1) is 13.0. The monoisotopic (exact) mass is 258 g/mol. The van der Waals surface area contributed by atoms with Gasteiger partial charge in [0.1, 0.15) is 23.0 Å². The van der Waals surface area contributed by atoms with Crippen LogP contribution in [-0.2, 0) is 0 Å². The van der Waals surface area contributed by atoms with Gasteiger partial charge in [-0.05, 0) is 36.4 Å². The standard InChI is InChI=1S/C15H14O4/c1-17-12-5-7-13(8-6-12)19-15-9-14(18-2)4-3-11(15)10-16/h3-10H,1-2H3. The van der Waals surface area contributed by atoms with Gasteiger partial charge in [-0.3, -0.25) is 4.79 Å². The second-order valence-corrected chi connectivity index (χ2v) is 3.80. The molecule has 0 aliphatic rings. The number of benzene rings is 2. The maximum absolute atomic E-state index is 11.0. The molecule has 2 rings (SSSR count). The smallest absolute Gasteiger partial charge is 0.153 e. The third-order valence-corrected chi connectivity index (χ3v) is 2.63. The lowest BCUT2D eigenvalue weighted by atomic mass is 10.2. The van der Waals surface area contributed by atoms with Crippen LogP contribution in [-0.4, -0.2) is 20.5 Å². The summed E-state index contributed by atoms with van der Waals surface area (Å²) in [6.07, 6.45) is 0.748. The number of methoxy groups -OCH3 is 2. The summed E-state index contributed by atoms with van der Waals surface area (Å²) in [4.78, 5) is 11.0. The molecule has 19 heavy (non-hydrogen) atoms. The van der Waals surface area contributed by atoms with E-state index < -0.39 is 0 Å². The minimum Gasteiger partial charge on any atom is -0.497 e. The van der Waals surface area contributed by atoms with Gasteiger partial charge in [-0.25, -0.2) is 0 Å². The Bertz CT molecular complexity index is 561. The fourth-order valence-corrected chi connectivity index (χ4v) is 1.60. The van der Waals surface area contributed by atoms with Crippen molar-refractivity contribution in [1.82, 2.24) is 0 Å². The molecule has 0 unspecified atom stereocenters. The predicted molar refractivity (Wildman–Crippen MR) is 71.4 cm³/mol. The lowest BCUT2D eigenvalue weighted by molar-refractivity contribution is 0.112. The van der Waals surface area contributed by atoms with E-state index >= 15 is 0 Å². The Hall–Kier alpha value is -2.49. The van der Waals surface area contributed by atoms with Gasteiger partial charge in [0.2, 0.25) is 0 Å². The van der Waals surface area contributed by atoms with Crippen LogP contribution in [0.4, 0.5) is 0 Å². The van der Waals surface area contributed by atoms with Crippen molar-refractivity contribution in [3.05, 3.63) is 48.0 Å². The number of ether oxygens (including phenoxy) is 3. The largest absolute Gasteiger partial charge is 0.497 e. The number of hydrogen-bond acceptors (Lipinski definition) is 4. The second kappa shape index (κ2) is 5.91. The van der Waals surface area contributed by atoms with Crippen molar-refractivity contribution in [2.45, 2.75) is 0 Å². The van der Waals surface area contributed by atoms with E-state index in [0.717, 1.165) is 12.0 Å². The topological polar surface area (TPSA) is 44.8 Å². The maximum Gasteiger partial charge on any atom is 0.153 e. The highest BCUT2D eigenvalue weighted by Gasteiger charge is 2.06. The van der Waals surface area contributed by atoms with Crippen LogP contribution < -0.4 is 14.2 Å². The Labute approximate surface area is 111 Å². The summed E-state index contributed by atoms with van der Waals surface area (Å²) in [7, 11) is 3.16. The van der Waals surface area contributed by atoms with Crippen molar-refractivity contribution in [2.24, 2.45) is 0 Å². The molecule has 4 heteroatoms. The van der Waals surface area contributed by atoms with Gasteiger partial charge >= 0.3 is 0 Å². The lowest BCUT2D eigenvalue weighted by Crippen LogP contribution is -1.92. The van der Waals surface area contributed by atoms with Crippen LogP contribution in [0.25, 0.3) is 0 Å². The Kier molecular flexibility index (Phi) is 4.03. The zero-order valence-electron chi connectivity index (χ0n) is 10.8. The molecule has 0 N–H and O–H groups in total. The predicted octanol–water partition coefficient (Wildman–Crippen LogP) is 3.31. The van der Waals surface area contributed by atoms with Gasteiger partial charge in [0, 0.05) is 6.07 Å². The minimum absolute atomic E-state index is 0.458. The van der Waals surface area contributed by atoms with Gasteiger partial charge in [0.15, 0.2) is 6.29 Å². The normalized spacial score (nSPS) is 9.79. The maximum atomic E-state index is 11.0. The number of hydrogen-bond donors (Lipinski definition) is 0. The lowest BCUT2D eigenvalue weighted by Gasteiger charge is -2.10. The summed E-state index contributed by atoms with van der Waals surface area (Å²) in [6, 6.07) is 12.2. The average Bonchev–Trinajstić information content (AvgIpc) is 2.48. The first-order valence-corrected chi connectivity index (χ1v) is 5.72. The van der Waals surface area contributed by atoms with Gasteiger partial charge in [-0.1, -0.05) is 0 Å². The van der Waals surface area contributed by atoms with Crippen LogP contribution in [0.3, 0.4) is 0 Å². The molecule has 0 saturated heterocycles. The molecule has 2 aromatic rings. The first-order chi connectivity index (χ1) is 9.26. The van der Waals surface area contributed by atoms with E-state index in [4.69, 9.17) is 14.2 Å².